The number of thioether (sulfide) groups is 1. The number of β-lactam (4-membered cyclic amide) rings is 1. The van der Waals surface area contributed by atoms with E-state index in [0.29, 0.717) is 11.3 Å². The van der Waals surface area contributed by atoms with Crippen LogP contribution < -0.4 is 5.32 Å². The molecule has 196 valence electrons. The first kappa shape index (κ1) is 25.5. The Balaban J connectivity index is 1.21. The zero-order valence-electron chi connectivity index (χ0n) is 20.7. The van der Waals surface area contributed by atoms with Crippen molar-refractivity contribution in [3.8, 4) is 11.1 Å². The van der Waals surface area contributed by atoms with Crippen LogP contribution in [0.25, 0.3) is 11.1 Å². The maximum Gasteiger partial charge on any atom is 0.352 e. The molecule has 1 fully saturated rings. The largest absolute Gasteiger partial charge is 0.477 e. The number of fused-ring (bicyclic) bond motifs is 4. The third-order valence-corrected chi connectivity index (χ3v) is 7.92. The zero-order valence-corrected chi connectivity index (χ0v) is 21.5. The number of hydrogen-bond donors (Lipinski definition) is 2. The number of esters is 1. The molecule has 10 nitrogen and oxygen atoms in total. The molecule has 1 aliphatic carbocycles. The van der Waals surface area contributed by atoms with Crippen LogP contribution in [0.1, 0.15) is 25.0 Å². The molecular formula is C27H25N3O7S. The summed E-state index contributed by atoms with van der Waals surface area (Å²) in [5.74, 6) is -3.11. The SMILES string of the molecule is CC(=O)OCC1=C(C(=O)O)N2C(=O)[C@@H](NC(=O)[C@@H](C)CON=C3c4ccccc4-c4ccccc43)[C@H]2SC1. The number of carbonyl (C=O) groups excluding carboxylic acids is 3. The molecule has 2 aliphatic heterocycles. The molecule has 0 aromatic heterocycles. The lowest BCUT2D eigenvalue weighted by Crippen LogP contribution is -2.71. The Morgan fingerprint density at radius 1 is 1.11 bits per heavy atom. The Bertz CT molecular complexity index is 1360. The van der Waals surface area contributed by atoms with Gasteiger partial charge in [-0.2, -0.15) is 0 Å². The minimum atomic E-state index is -1.29. The van der Waals surface area contributed by atoms with Crippen molar-refractivity contribution in [2.24, 2.45) is 11.1 Å². The molecule has 5 rings (SSSR count). The van der Waals surface area contributed by atoms with Gasteiger partial charge in [0.2, 0.25) is 5.91 Å². The molecule has 2 heterocycles. The van der Waals surface area contributed by atoms with Gasteiger partial charge in [-0.3, -0.25) is 19.3 Å². The van der Waals surface area contributed by atoms with E-state index in [0.717, 1.165) is 27.2 Å². The summed E-state index contributed by atoms with van der Waals surface area (Å²) in [7, 11) is 0. The molecule has 11 heteroatoms. The van der Waals surface area contributed by atoms with E-state index in [1.54, 1.807) is 6.92 Å². The van der Waals surface area contributed by atoms with Gasteiger partial charge < -0.3 is 20.0 Å². The fourth-order valence-corrected chi connectivity index (χ4v) is 5.99. The Morgan fingerprint density at radius 2 is 1.71 bits per heavy atom. The van der Waals surface area contributed by atoms with Gasteiger partial charge >= 0.3 is 11.9 Å². The number of aliphatic carboxylic acids is 1. The van der Waals surface area contributed by atoms with Crippen LogP contribution in [0.5, 0.6) is 0 Å². The van der Waals surface area contributed by atoms with E-state index in [2.05, 4.69) is 10.5 Å². The number of carboxylic acids is 1. The van der Waals surface area contributed by atoms with Gasteiger partial charge in [-0.1, -0.05) is 60.6 Å². The first-order chi connectivity index (χ1) is 18.3. The van der Waals surface area contributed by atoms with Gasteiger partial charge in [-0.05, 0) is 11.1 Å². The fourth-order valence-electron chi connectivity index (χ4n) is 4.66. The average molecular weight is 536 g/mol. The fraction of sp³-hybridized carbons (Fsp3) is 0.296. The normalized spacial score (nSPS) is 20.0. The zero-order chi connectivity index (χ0) is 27.0. The second-order valence-electron chi connectivity index (χ2n) is 9.16. The number of benzene rings is 2. The van der Waals surface area contributed by atoms with Crippen molar-refractivity contribution in [3.63, 3.8) is 0 Å². The molecule has 3 aliphatic rings. The van der Waals surface area contributed by atoms with Crippen LogP contribution in [-0.2, 0) is 28.8 Å². The summed E-state index contributed by atoms with van der Waals surface area (Å²) >= 11 is 1.31. The first-order valence-corrected chi connectivity index (χ1v) is 13.1. The number of carboxylic acid groups (broad SMARTS) is 1. The molecule has 0 spiro atoms. The third kappa shape index (κ3) is 4.53. The van der Waals surface area contributed by atoms with E-state index in [4.69, 9.17) is 9.57 Å². The number of hydrogen-bond acceptors (Lipinski definition) is 8. The Morgan fingerprint density at radius 3 is 2.29 bits per heavy atom. The van der Waals surface area contributed by atoms with Crippen LogP contribution in [0.15, 0.2) is 65.0 Å². The topological polar surface area (TPSA) is 135 Å². The van der Waals surface area contributed by atoms with Crippen LogP contribution in [0, 0.1) is 5.92 Å². The molecule has 2 aromatic rings. The lowest BCUT2D eigenvalue weighted by atomic mass is 10.0. The summed E-state index contributed by atoms with van der Waals surface area (Å²) in [6, 6.07) is 14.9. The average Bonchev–Trinajstić information content (AvgIpc) is 3.23. The number of nitrogens with one attached hydrogen (secondary N) is 1. The summed E-state index contributed by atoms with van der Waals surface area (Å²) < 4.78 is 4.94. The highest BCUT2D eigenvalue weighted by Gasteiger charge is 2.54. The van der Waals surface area contributed by atoms with Crippen LogP contribution in [0.3, 0.4) is 0 Å². The summed E-state index contributed by atoms with van der Waals surface area (Å²) in [6.45, 7) is 2.68. The van der Waals surface area contributed by atoms with Crippen molar-refractivity contribution in [1.82, 2.24) is 10.2 Å². The second-order valence-corrected chi connectivity index (χ2v) is 10.3. The minimum Gasteiger partial charge on any atom is -0.477 e. The molecule has 0 unspecified atom stereocenters. The molecule has 2 amide bonds. The van der Waals surface area contributed by atoms with Crippen molar-refractivity contribution < 1.29 is 33.9 Å². The molecule has 1 saturated heterocycles. The number of carbonyl (C=O) groups is 4. The molecule has 0 saturated carbocycles. The van der Waals surface area contributed by atoms with Crippen molar-refractivity contribution >= 4 is 41.2 Å². The van der Waals surface area contributed by atoms with Gasteiger partial charge in [-0.25, -0.2) is 4.79 Å². The van der Waals surface area contributed by atoms with Crippen molar-refractivity contribution in [2.75, 3.05) is 19.0 Å². The first-order valence-electron chi connectivity index (χ1n) is 12.0. The van der Waals surface area contributed by atoms with E-state index in [1.807, 2.05) is 48.5 Å². The molecular weight excluding hydrogens is 510 g/mol. The molecule has 2 aromatic carbocycles. The van der Waals surface area contributed by atoms with Crippen LogP contribution in [0.4, 0.5) is 0 Å². The van der Waals surface area contributed by atoms with Gasteiger partial charge in [0.1, 0.15) is 36.0 Å². The van der Waals surface area contributed by atoms with Gasteiger partial charge in [-0.15, -0.1) is 11.8 Å². The molecule has 0 radical (unpaired) electrons. The Labute approximate surface area is 222 Å². The van der Waals surface area contributed by atoms with Crippen LogP contribution >= 0.6 is 11.8 Å². The standard InChI is InChI=1S/C27H25N3O7S/c1-14(11-37-29-21-19-9-5-3-7-17(19)18-8-4-6-10-20(18)21)24(32)28-22-25(33)30-23(27(34)35)16(12-36-15(2)31)13-38-26(22)30/h3-10,14,22,26H,11-13H2,1-2H3,(H,28,32)(H,34,35)/t14-,22+,26+/m0/s1. The highest BCUT2D eigenvalue weighted by molar-refractivity contribution is 8.00. The summed E-state index contributed by atoms with van der Waals surface area (Å²) in [5.41, 5.74) is 4.88. The number of oxime groups is 1. The summed E-state index contributed by atoms with van der Waals surface area (Å²) in [4.78, 5) is 55.4. The number of amides is 2. The number of rotatable bonds is 8. The molecule has 0 bridgehead atoms. The maximum absolute atomic E-state index is 12.8. The van der Waals surface area contributed by atoms with Gasteiger partial charge in [0.05, 0.1) is 5.92 Å². The van der Waals surface area contributed by atoms with Crippen LogP contribution in [-0.4, -0.2) is 69.9 Å². The van der Waals surface area contributed by atoms with E-state index in [9.17, 15) is 24.3 Å². The third-order valence-electron chi connectivity index (χ3n) is 6.58. The monoisotopic (exact) mass is 535 g/mol. The van der Waals surface area contributed by atoms with Gasteiger partial charge in [0, 0.05) is 29.4 Å². The highest BCUT2D eigenvalue weighted by atomic mass is 32.2. The second kappa shape index (κ2) is 10.3. The number of ether oxygens (including phenoxy) is 1. The predicted molar refractivity (Wildman–Crippen MR) is 139 cm³/mol. The number of nitrogens with zero attached hydrogens (tertiary/aromatic N) is 2. The summed E-state index contributed by atoms with van der Waals surface area (Å²) in [5, 5.41) is 16.2. The maximum atomic E-state index is 12.8. The molecule has 2 N–H and O–H groups in total. The van der Waals surface area contributed by atoms with E-state index < -0.39 is 41.1 Å². The smallest absolute Gasteiger partial charge is 0.352 e. The molecule has 3 atom stereocenters. The van der Waals surface area contributed by atoms with E-state index in [-0.39, 0.29) is 24.7 Å². The van der Waals surface area contributed by atoms with Crippen molar-refractivity contribution in [3.05, 3.63) is 70.9 Å². The van der Waals surface area contributed by atoms with Crippen molar-refractivity contribution in [1.29, 1.82) is 0 Å². The lowest BCUT2D eigenvalue weighted by Gasteiger charge is -2.49. The molecule has 38 heavy (non-hydrogen) atoms. The van der Waals surface area contributed by atoms with E-state index >= 15 is 0 Å². The van der Waals surface area contributed by atoms with Crippen LogP contribution in [0.2, 0.25) is 0 Å². The van der Waals surface area contributed by atoms with E-state index in [1.165, 1.54) is 18.7 Å². The quantitative estimate of drug-likeness (QED) is 0.255. The van der Waals surface area contributed by atoms with Gasteiger partial charge in [0.15, 0.2) is 0 Å². The Kier molecular flexibility index (Phi) is 6.94. The summed E-state index contributed by atoms with van der Waals surface area (Å²) in [6.07, 6.45) is 0. The predicted octanol–water partition coefficient (Wildman–Crippen LogP) is 2.37. The lowest BCUT2D eigenvalue weighted by molar-refractivity contribution is -0.151. The van der Waals surface area contributed by atoms with Gasteiger partial charge in [0.25, 0.3) is 5.91 Å². The minimum absolute atomic E-state index is 0.00505. The van der Waals surface area contributed by atoms with Crippen molar-refractivity contribution in [2.45, 2.75) is 25.3 Å². The Hall–Kier alpha value is -4.12. The highest BCUT2D eigenvalue weighted by Crippen LogP contribution is 2.40.